The maximum Gasteiger partial charge on any atom is -0.0230 e. The SMILES string of the molecule is CC12CC3CC(C1)CC(C14CC5CC(CC(C)(C5)C1)C4)(C3)C2. The van der Waals surface area contributed by atoms with Gasteiger partial charge in [0.15, 0.2) is 0 Å². The van der Waals surface area contributed by atoms with E-state index in [1.54, 1.807) is 77.0 Å². The average Bonchev–Trinajstić information content (AvgIpc) is 2.31. The van der Waals surface area contributed by atoms with Gasteiger partial charge in [-0.15, -0.1) is 0 Å². The second-order valence-electron chi connectivity index (χ2n) is 12.1. The summed E-state index contributed by atoms with van der Waals surface area (Å²) in [4.78, 5) is 0. The fraction of sp³-hybridized carbons (Fsp3) is 1.00. The second-order valence-corrected chi connectivity index (χ2v) is 12.1. The van der Waals surface area contributed by atoms with Crippen LogP contribution in [0.1, 0.15) is 90.9 Å². The molecule has 8 saturated carbocycles. The first-order chi connectivity index (χ1) is 10.4. The van der Waals surface area contributed by atoms with Crippen LogP contribution in [0.4, 0.5) is 0 Å². The summed E-state index contributed by atoms with van der Waals surface area (Å²) in [7, 11) is 0. The molecule has 4 unspecified atom stereocenters. The minimum absolute atomic E-state index is 0.744. The number of hydrogen-bond donors (Lipinski definition) is 0. The van der Waals surface area contributed by atoms with Crippen molar-refractivity contribution in [1.29, 1.82) is 0 Å². The standard InChI is InChI=1S/C22H34/c1-19-5-15-3-16(6-19)10-21(9-15,13-19)22-11-17-4-18(12-22)8-20(2,7-17)14-22/h15-18H,3-14H2,1-2H3. The Morgan fingerprint density at radius 2 is 0.818 bits per heavy atom. The summed E-state index contributed by atoms with van der Waals surface area (Å²) in [5.74, 6) is 4.47. The van der Waals surface area contributed by atoms with Gasteiger partial charge in [-0.2, -0.15) is 0 Å². The molecule has 8 aliphatic carbocycles. The fourth-order valence-electron chi connectivity index (χ4n) is 10.7. The van der Waals surface area contributed by atoms with Crippen LogP contribution in [0.2, 0.25) is 0 Å². The summed E-state index contributed by atoms with van der Waals surface area (Å²) in [6, 6.07) is 0. The van der Waals surface area contributed by atoms with Crippen LogP contribution in [-0.4, -0.2) is 0 Å². The van der Waals surface area contributed by atoms with Crippen molar-refractivity contribution in [2.45, 2.75) is 90.9 Å². The first kappa shape index (κ1) is 13.3. The average molecular weight is 299 g/mol. The van der Waals surface area contributed by atoms with Gasteiger partial charge < -0.3 is 0 Å². The Hall–Kier alpha value is 0. The van der Waals surface area contributed by atoms with Crippen LogP contribution >= 0.6 is 0 Å². The zero-order chi connectivity index (χ0) is 14.8. The van der Waals surface area contributed by atoms with Crippen LogP contribution in [0, 0.1) is 45.3 Å². The van der Waals surface area contributed by atoms with Crippen LogP contribution in [0.3, 0.4) is 0 Å². The van der Waals surface area contributed by atoms with Crippen molar-refractivity contribution in [3.05, 3.63) is 0 Å². The molecule has 22 heavy (non-hydrogen) atoms. The molecule has 0 radical (unpaired) electrons. The van der Waals surface area contributed by atoms with E-state index in [4.69, 9.17) is 0 Å². The third kappa shape index (κ3) is 1.52. The molecular formula is C22H34. The molecule has 122 valence electrons. The minimum Gasteiger partial charge on any atom is -0.0596 e. The number of rotatable bonds is 1. The lowest BCUT2D eigenvalue weighted by Crippen LogP contribution is -2.63. The van der Waals surface area contributed by atoms with Crippen LogP contribution in [0.15, 0.2) is 0 Å². The van der Waals surface area contributed by atoms with Crippen LogP contribution in [-0.2, 0) is 0 Å². The van der Waals surface area contributed by atoms with Gasteiger partial charge in [-0.05, 0) is 122 Å². The minimum atomic E-state index is 0.744. The summed E-state index contributed by atoms with van der Waals surface area (Å²) in [5, 5.41) is 0. The Morgan fingerprint density at radius 3 is 1.09 bits per heavy atom. The van der Waals surface area contributed by atoms with E-state index in [2.05, 4.69) is 13.8 Å². The third-order valence-corrected chi connectivity index (χ3v) is 9.83. The van der Waals surface area contributed by atoms with Crippen molar-refractivity contribution < 1.29 is 0 Å². The number of hydrogen-bond acceptors (Lipinski definition) is 0. The van der Waals surface area contributed by atoms with E-state index in [-0.39, 0.29) is 0 Å². The van der Waals surface area contributed by atoms with Gasteiger partial charge in [-0.3, -0.25) is 0 Å². The van der Waals surface area contributed by atoms with E-state index in [9.17, 15) is 0 Å². The summed E-state index contributed by atoms with van der Waals surface area (Å²) in [6.45, 7) is 5.36. The zero-order valence-electron chi connectivity index (χ0n) is 14.8. The van der Waals surface area contributed by atoms with Gasteiger partial charge in [-0.1, -0.05) is 13.8 Å². The molecule has 0 spiro atoms. The molecule has 0 aromatic carbocycles. The van der Waals surface area contributed by atoms with Crippen molar-refractivity contribution in [1.82, 2.24) is 0 Å². The van der Waals surface area contributed by atoms with Gasteiger partial charge in [0.2, 0.25) is 0 Å². The quantitative estimate of drug-likeness (QED) is 0.540. The Kier molecular flexibility index (Phi) is 2.21. The van der Waals surface area contributed by atoms with Crippen LogP contribution in [0.25, 0.3) is 0 Å². The molecular weight excluding hydrogens is 264 g/mol. The predicted molar refractivity (Wildman–Crippen MR) is 90.4 cm³/mol. The molecule has 0 aromatic heterocycles. The van der Waals surface area contributed by atoms with E-state index in [0.29, 0.717) is 0 Å². The highest BCUT2D eigenvalue weighted by atomic mass is 14.7. The van der Waals surface area contributed by atoms with Crippen molar-refractivity contribution >= 4 is 0 Å². The monoisotopic (exact) mass is 298 g/mol. The summed E-state index contributed by atoms with van der Waals surface area (Å²) >= 11 is 0. The molecule has 8 rings (SSSR count). The molecule has 8 bridgehead atoms. The highest BCUT2D eigenvalue weighted by molar-refractivity contribution is 5.18. The van der Waals surface area contributed by atoms with Crippen molar-refractivity contribution in [3.63, 3.8) is 0 Å². The lowest BCUT2D eigenvalue weighted by atomic mass is 9.31. The molecule has 0 aliphatic heterocycles. The Labute approximate surface area is 136 Å². The Bertz CT molecular complexity index is 452. The lowest BCUT2D eigenvalue weighted by molar-refractivity contribution is -0.232. The Morgan fingerprint density at radius 1 is 0.500 bits per heavy atom. The molecule has 0 amide bonds. The molecule has 4 atom stereocenters. The maximum atomic E-state index is 2.68. The zero-order valence-corrected chi connectivity index (χ0v) is 14.8. The fourth-order valence-corrected chi connectivity index (χ4v) is 10.7. The summed E-state index contributed by atoms with van der Waals surface area (Å²) in [5.41, 5.74) is 3.08. The van der Waals surface area contributed by atoms with Gasteiger partial charge in [0, 0.05) is 0 Å². The second kappa shape index (κ2) is 3.65. The Balaban J connectivity index is 1.46. The third-order valence-electron chi connectivity index (χ3n) is 9.83. The molecule has 0 N–H and O–H groups in total. The molecule has 0 saturated heterocycles. The van der Waals surface area contributed by atoms with Crippen molar-refractivity contribution in [2.24, 2.45) is 45.3 Å². The molecule has 8 fully saturated rings. The van der Waals surface area contributed by atoms with Crippen molar-refractivity contribution in [3.8, 4) is 0 Å². The van der Waals surface area contributed by atoms with Gasteiger partial charge in [0.1, 0.15) is 0 Å². The van der Waals surface area contributed by atoms with Gasteiger partial charge in [-0.25, -0.2) is 0 Å². The highest BCUT2D eigenvalue weighted by Crippen LogP contribution is 2.78. The largest absolute Gasteiger partial charge is 0.0596 e. The molecule has 8 aliphatic rings. The summed E-state index contributed by atoms with van der Waals surface area (Å²) in [6.07, 6.45) is 19.4. The van der Waals surface area contributed by atoms with Gasteiger partial charge in [0.25, 0.3) is 0 Å². The van der Waals surface area contributed by atoms with Gasteiger partial charge >= 0.3 is 0 Å². The lowest BCUT2D eigenvalue weighted by Gasteiger charge is -2.73. The first-order valence-corrected chi connectivity index (χ1v) is 10.4. The van der Waals surface area contributed by atoms with E-state index in [0.717, 1.165) is 45.3 Å². The van der Waals surface area contributed by atoms with E-state index < -0.39 is 0 Å². The summed E-state index contributed by atoms with van der Waals surface area (Å²) < 4.78 is 0. The van der Waals surface area contributed by atoms with Crippen LogP contribution < -0.4 is 0 Å². The van der Waals surface area contributed by atoms with E-state index in [1.165, 1.54) is 0 Å². The molecule has 0 nitrogen and oxygen atoms in total. The first-order valence-electron chi connectivity index (χ1n) is 10.4. The van der Waals surface area contributed by atoms with Crippen molar-refractivity contribution in [2.75, 3.05) is 0 Å². The van der Waals surface area contributed by atoms with Crippen LogP contribution in [0.5, 0.6) is 0 Å². The topological polar surface area (TPSA) is 0 Å². The van der Waals surface area contributed by atoms with Gasteiger partial charge in [0.05, 0.1) is 0 Å². The predicted octanol–water partition coefficient (Wildman–Crippen LogP) is 6.20. The molecule has 0 heteroatoms. The molecule has 0 heterocycles. The van der Waals surface area contributed by atoms with E-state index in [1.807, 2.05) is 0 Å². The highest BCUT2D eigenvalue weighted by Gasteiger charge is 2.68. The smallest absolute Gasteiger partial charge is 0.0230 e. The maximum absolute atomic E-state index is 2.68. The van der Waals surface area contributed by atoms with E-state index >= 15 is 0 Å². The normalized spacial score (nSPS) is 67.9. The molecule has 0 aromatic rings.